The van der Waals surface area contributed by atoms with E-state index in [1.54, 1.807) is 36.4 Å². The van der Waals surface area contributed by atoms with Crippen LogP contribution in [0.1, 0.15) is 5.89 Å². The third kappa shape index (κ3) is 3.42. The molecule has 0 amide bonds. The molecule has 0 aliphatic rings. The molecule has 2 aromatic carbocycles. The van der Waals surface area contributed by atoms with Crippen molar-refractivity contribution in [1.82, 2.24) is 19.7 Å². The fourth-order valence-electron chi connectivity index (χ4n) is 2.99. The van der Waals surface area contributed by atoms with Gasteiger partial charge in [-0.15, -0.1) is 21.5 Å². The molecule has 0 saturated carbocycles. The minimum atomic E-state index is -0.503. The first-order valence-electron chi connectivity index (χ1n) is 8.96. The molecule has 3 heterocycles. The fourth-order valence-corrected chi connectivity index (χ4v) is 4.48. The lowest BCUT2D eigenvalue weighted by atomic mass is 10.2. The predicted octanol–water partition coefficient (Wildman–Crippen LogP) is 4.93. The number of benzene rings is 2. The zero-order valence-electron chi connectivity index (χ0n) is 15.4. The Morgan fingerprint density at radius 3 is 2.70 bits per heavy atom. The summed E-state index contributed by atoms with van der Waals surface area (Å²) in [5.41, 5.74) is 0.355. The quantitative estimate of drug-likeness (QED) is 0.287. The molecule has 0 aliphatic heterocycles. The molecule has 0 fully saturated rings. The molecule has 0 bridgehead atoms. The molecule has 0 unspecified atom stereocenters. The summed E-state index contributed by atoms with van der Waals surface area (Å²) in [7, 11) is 0. The van der Waals surface area contributed by atoms with Gasteiger partial charge in [-0.1, -0.05) is 42.1 Å². The number of aromatic nitrogens is 4. The van der Waals surface area contributed by atoms with Gasteiger partial charge in [-0.05, 0) is 35.7 Å². The van der Waals surface area contributed by atoms with Gasteiger partial charge < -0.3 is 4.42 Å². The Bertz CT molecular complexity index is 1400. The van der Waals surface area contributed by atoms with Gasteiger partial charge in [0.1, 0.15) is 5.82 Å². The lowest BCUT2D eigenvalue weighted by molar-refractivity contribution is 0.529. The summed E-state index contributed by atoms with van der Waals surface area (Å²) in [4.78, 5) is 18.6. The Labute approximate surface area is 178 Å². The van der Waals surface area contributed by atoms with Crippen LogP contribution in [0.3, 0.4) is 0 Å². The molecule has 148 valence electrons. The molecule has 0 radical (unpaired) electrons. The van der Waals surface area contributed by atoms with Crippen molar-refractivity contribution in [3.8, 4) is 16.5 Å². The van der Waals surface area contributed by atoms with Crippen LogP contribution in [0.15, 0.2) is 80.4 Å². The third-order valence-corrected chi connectivity index (χ3v) is 6.14. The van der Waals surface area contributed by atoms with E-state index in [2.05, 4.69) is 15.2 Å². The van der Waals surface area contributed by atoms with Crippen LogP contribution in [-0.4, -0.2) is 19.7 Å². The normalized spacial score (nSPS) is 11.2. The number of para-hydroxylation sites is 2. The number of rotatable bonds is 5. The molecule has 30 heavy (non-hydrogen) atoms. The van der Waals surface area contributed by atoms with Crippen molar-refractivity contribution in [3.05, 3.63) is 88.1 Å². The van der Waals surface area contributed by atoms with Gasteiger partial charge in [0.25, 0.3) is 11.4 Å². The van der Waals surface area contributed by atoms with Gasteiger partial charge in [-0.3, -0.25) is 9.36 Å². The van der Waals surface area contributed by atoms with Crippen LogP contribution in [0.5, 0.6) is 0 Å². The monoisotopic (exact) mass is 436 g/mol. The second-order valence-electron chi connectivity index (χ2n) is 6.27. The molecule has 3 aromatic heterocycles. The van der Waals surface area contributed by atoms with Crippen molar-refractivity contribution in [1.29, 1.82) is 0 Å². The molecule has 0 aliphatic carbocycles. The van der Waals surface area contributed by atoms with Crippen LogP contribution in [0.25, 0.3) is 27.4 Å². The molecule has 5 rings (SSSR count). The number of halogens is 1. The first kappa shape index (κ1) is 18.7. The average Bonchev–Trinajstić information content (AvgIpc) is 3.45. The number of hydrogen-bond donors (Lipinski definition) is 0. The maximum Gasteiger partial charge on any atom is 0.266 e. The van der Waals surface area contributed by atoms with E-state index >= 15 is 0 Å². The summed E-state index contributed by atoms with van der Waals surface area (Å²) in [5, 5.41) is 10.8. The van der Waals surface area contributed by atoms with E-state index in [0.717, 1.165) is 4.88 Å². The number of thiophene rings is 1. The van der Waals surface area contributed by atoms with Crippen LogP contribution in [-0.2, 0) is 5.75 Å². The maximum atomic E-state index is 14.5. The summed E-state index contributed by atoms with van der Waals surface area (Å²) in [6, 6.07) is 16.9. The summed E-state index contributed by atoms with van der Waals surface area (Å²) in [6.45, 7) is 0. The van der Waals surface area contributed by atoms with E-state index in [-0.39, 0.29) is 17.0 Å². The molecule has 6 nitrogen and oxygen atoms in total. The minimum absolute atomic E-state index is 0.146. The predicted molar refractivity (Wildman–Crippen MR) is 114 cm³/mol. The standard InChI is InChI=1S/C21H13FN4O2S2/c22-14-7-2-4-9-16(14)26-20(27)13-6-1-3-8-15(13)23-21(26)30-12-18-24-25-19(28-18)17-10-5-11-29-17/h1-11H,12H2. The zero-order chi connectivity index (χ0) is 20.5. The van der Waals surface area contributed by atoms with Crippen LogP contribution in [0.4, 0.5) is 4.39 Å². The molecule has 5 aromatic rings. The van der Waals surface area contributed by atoms with E-state index in [9.17, 15) is 9.18 Å². The Morgan fingerprint density at radius 1 is 1.03 bits per heavy atom. The molecule has 0 atom stereocenters. The van der Waals surface area contributed by atoms with Crippen LogP contribution >= 0.6 is 23.1 Å². The number of hydrogen-bond acceptors (Lipinski definition) is 7. The van der Waals surface area contributed by atoms with E-state index in [4.69, 9.17) is 4.42 Å². The van der Waals surface area contributed by atoms with Gasteiger partial charge in [0.05, 0.1) is 27.2 Å². The molecule has 0 N–H and O–H groups in total. The summed E-state index contributed by atoms with van der Waals surface area (Å²) in [5.74, 6) is 0.623. The highest BCUT2D eigenvalue weighted by atomic mass is 32.2. The van der Waals surface area contributed by atoms with Gasteiger partial charge in [-0.25, -0.2) is 9.37 Å². The summed E-state index contributed by atoms with van der Waals surface area (Å²) in [6.07, 6.45) is 0. The van der Waals surface area contributed by atoms with Crippen molar-refractivity contribution in [2.75, 3.05) is 0 Å². The zero-order valence-corrected chi connectivity index (χ0v) is 17.0. The maximum absolute atomic E-state index is 14.5. The van der Waals surface area contributed by atoms with Crippen molar-refractivity contribution in [3.63, 3.8) is 0 Å². The fraction of sp³-hybridized carbons (Fsp3) is 0.0476. The van der Waals surface area contributed by atoms with Crippen LogP contribution in [0.2, 0.25) is 0 Å². The SMILES string of the molecule is O=c1c2ccccc2nc(SCc2nnc(-c3cccs3)o2)n1-c1ccccc1F. The molecule has 9 heteroatoms. The Hall–Kier alpha value is -3.30. The van der Waals surface area contributed by atoms with E-state index in [1.807, 2.05) is 23.6 Å². The first-order chi connectivity index (χ1) is 14.7. The average molecular weight is 436 g/mol. The topological polar surface area (TPSA) is 73.8 Å². The molecular formula is C21H13FN4O2S2. The highest BCUT2D eigenvalue weighted by Gasteiger charge is 2.17. The van der Waals surface area contributed by atoms with Crippen molar-refractivity contribution in [2.24, 2.45) is 0 Å². The van der Waals surface area contributed by atoms with Gasteiger partial charge in [0, 0.05) is 0 Å². The van der Waals surface area contributed by atoms with E-state index in [1.165, 1.54) is 33.7 Å². The van der Waals surface area contributed by atoms with Crippen molar-refractivity contribution >= 4 is 34.0 Å². The highest BCUT2D eigenvalue weighted by molar-refractivity contribution is 7.98. The molecule has 0 saturated heterocycles. The third-order valence-electron chi connectivity index (χ3n) is 4.36. The number of thioether (sulfide) groups is 1. The van der Waals surface area contributed by atoms with Crippen molar-refractivity contribution in [2.45, 2.75) is 10.9 Å². The van der Waals surface area contributed by atoms with Gasteiger partial charge in [0.15, 0.2) is 5.16 Å². The second-order valence-corrected chi connectivity index (χ2v) is 8.16. The summed E-state index contributed by atoms with van der Waals surface area (Å²) >= 11 is 2.74. The number of fused-ring (bicyclic) bond motifs is 1. The number of nitrogens with zero attached hydrogens (tertiary/aromatic N) is 4. The van der Waals surface area contributed by atoms with Gasteiger partial charge >= 0.3 is 0 Å². The van der Waals surface area contributed by atoms with Crippen molar-refractivity contribution < 1.29 is 8.81 Å². The lowest BCUT2D eigenvalue weighted by Crippen LogP contribution is -2.22. The van der Waals surface area contributed by atoms with Gasteiger partial charge in [-0.2, -0.15) is 0 Å². The largest absolute Gasteiger partial charge is 0.419 e. The first-order valence-corrected chi connectivity index (χ1v) is 10.8. The molecule has 0 spiro atoms. The second kappa shape index (κ2) is 7.85. The van der Waals surface area contributed by atoms with Crippen LogP contribution < -0.4 is 5.56 Å². The van der Waals surface area contributed by atoms with Crippen LogP contribution in [0, 0.1) is 5.82 Å². The lowest BCUT2D eigenvalue weighted by Gasteiger charge is -2.13. The van der Waals surface area contributed by atoms with Gasteiger partial charge in [0.2, 0.25) is 5.89 Å². The Kier molecular flexibility index (Phi) is 4.89. The van der Waals surface area contributed by atoms with E-state index in [0.29, 0.717) is 27.8 Å². The Morgan fingerprint density at radius 2 is 1.87 bits per heavy atom. The summed E-state index contributed by atoms with van der Waals surface area (Å²) < 4.78 is 21.5. The molecular weight excluding hydrogens is 423 g/mol. The van der Waals surface area contributed by atoms with E-state index < -0.39 is 5.82 Å². The smallest absolute Gasteiger partial charge is 0.266 e. The Balaban J connectivity index is 1.56. The minimum Gasteiger partial charge on any atom is -0.419 e. The highest BCUT2D eigenvalue weighted by Crippen LogP contribution is 2.28.